The topological polar surface area (TPSA) is 68.7 Å². The molecule has 1 aromatic heterocycles. The molecule has 0 saturated heterocycles. The van der Waals surface area contributed by atoms with E-state index in [0.29, 0.717) is 23.7 Å². The molecule has 28 heavy (non-hydrogen) atoms. The van der Waals surface area contributed by atoms with Crippen LogP contribution in [0.3, 0.4) is 0 Å². The van der Waals surface area contributed by atoms with Gasteiger partial charge in [0.2, 0.25) is 0 Å². The molecule has 5 nitrogen and oxygen atoms in total. The molecule has 0 aliphatic rings. The van der Waals surface area contributed by atoms with Gasteiger partial charge in [-0.05, 0) is 42.3 Å². The number of nitrogens with zero attached hydrogens (tertiary/aromatic N) is 1. The number of rotatable bonds is 8. The molecular weight excluding hydrogens is 354 g/mol. The van der Waals surface area contributed by atoms with Gasteiger partial charge < -0.3 is 14.6 Å². The molecule has 5 heteroatoms. The molecule has 1 heterocycles. The number of aliphatic carboxylic acids is 1. The van der Waals surface area contributed by atoms with Crippen LogP contribution in [0.4, 0.5) is 0 Å². The number of hydrogen-bond donors (Lipinski definition) is 1. The van der Waals surface area contributed by atoms with E-state index in [2.05, 4.69) is 4.98 Å². The summed E-state index contributed by atoms with van der Waals surface area (Å²) in [6, 6.07) is 20.4. The van der Waals surface area contributed by atoms with E-state index < -0.39 is 5.97 Å². The van der Waals surface area contributed by atoms with Crippen LogP contribution in [0, 0.1) is 0 Å². The van der Waals surface area contributed by atoms with E-state index in [1.165, 1.54) is 0 Å². The summed E-state index contributed by atoms with van der Waals surface area (Å²) in [6.07, 6.45) is 3.32. The summed E-state index contributed by atoms with van der Waals surface area (Å²) in [5.74, 6) is 0.363. The summed E-state index contributed by atoms with van der Waals surface area (Å²) in [6.45, 7) is 2.34. The molecule has 142 valence electrons. The zero-order valence-electron chi connectivity index (χ0n) is 15.5. The molecule has 0 aliphatic carbocycles. The number of hydrogen-bond acceptors (Lipinski definition) is 4. The molecule has 0 radical (unpaired) electrons. The molecule has 0 bridgehead atoms. The molecule has 2 aromatic carbocycles. The van der Waals surface area contributed by atoms with Crippen molar-refractivity contribution < 1.29 is 19.4 Å². The number of aromatic nitrogens is 1. The number of pyridine rings is 1. The molecule has 0 amide bonds. The van der Waals surface area contributed by atoms with Crippen molar-refractivity contribution in [2.45, 2.75) is 20.1 Å². The quantitative estimate of drug-likeness (QED) is 0.577. The molecule has 1 N–H and O–H groups in total. The fourth-order valence-electron chi connectivity index (χ4n) is 2.76. The minimum atomic E-state index is -0.958. The number of carboxylic acids is 1. The predicted octanol–water partition coefficient (Wildman–Crippen LogP) is 4.73. The van der Waals surface area contributed by atoms with Crippen molar-refractivity contribution in [3.8, 4) is 11.5 Å². The van der Waals surface area contributed by atoms with E-state index in [1.807, 2.05) is 54.6 Å². The molecule has 0 atom stereocenters. The highest BCUT2D eigenvalue weighted by Crippen LogP contribution is 2.24. The monoisotopic (exact) mass is 375 g/mol. The Kier molecular flexibility index (Phi) is 6.41. The lowest BCUT2D eigenvalue weighted by atomic mass is 10.00. The van der Waals surface area contributed by atoms with Crippen molar-refractivity contribution in [3.63, 3.8) is 0 Å². The summed E-state index contributed by atoms with van der Waals surface area (Å²) in [4.78, 5) is 15.7. The molecule has 3 rings (SSSR count). The Balaban J connectivity index is 1.68. The second-order valence-electron chi connectivity index (χ2n) is 6.04. The number of carboxylic acid groups (broad SMARTS) is 1. The SMILES string of the molecule is CC=C(C(=O)O)c1ccccc1COc1cccc(OCc2ccccn2)c1. The van der Waals surface area contributed by atoms with Gasteiger partial charge in [-0.15, -0.1) is 0 Å². The maximum absolute atomic E-state index is 11.5. The van der Waals surface area contributed by atoms with Gasteiger partial charge in [0.25, 0.3) is 0 Å². The van der Waals surface area contributed by atoms with Crippen LogP contribution in [0.1, 0.15) is 23.7 Å². The van der Waals surface area contributed by atoms with E-state index in [0.717, 1.165) is 11.3 Å². The summed E-state index contributed by atoms with van der Waals surface area (Å²) >= 11 is 0. The van der Waals surface area contributed by atoms with E-state index >= 15 is 0 Å². The van der Waals surface area contributed by atoms with Gasteiger partial charge in [-0.3, -0.25) is 4.98 Å². The lowest BCUT2D eigenvalue weighted by Crippen LogP contribution is -2.05. The Morgan fingerprint density at radius 3 is 2.36 bits per heavy atom. The standard InChI is InChI=1S/C23H21NO4/c1-2-21(23(25)26)22-12-4-3-8-17(22)15-27-19-10-7-11-20(14-19)28-16-18-9-5-6-13-24-18/h2-14H,15-16H2,1H3,(H,25,26). The summed E-state index contributed by atoms with van der Waals surface area (Å²) in [5, 5.41) is 9.40. The Labute approximate surface area is 163 Å². The van der Waals surface area contributed by atoms with Crippen LogP contribution in [0.5, 0.6) is 11.5 Å². The highest BCUT2D eigenvalue weighted by molar-refractivity contribution is 6.15. The van der Waals surface area contributed by atoms with Crippen LogP contribution in [-0.4, -0.2) is 16.1 Å². The molecule has 0 spiro atoms. The van der Waals surface area contributed by atoms with E-state index in [9.17, 15) is 9.90 Å². The zero-order chi connectivity index (χ0) is 19.8. The number of ether oxygens (including phenoxy) is 2. The second-order valence-corrected chi connectivity index (χ2v) is 6.04. The van der Waals surface area contributed by atoms with Gasteiger partial charge >= 0.3 is 5.97 Å². The van der Waals surface area contributed by atoms with Crippen LogP contribution in [0.25, 0.3) is 5.57 Å². The zero-order valence-corrected chi connectivity index (χ0v) is 15.5. The molecule has 0 aliphatic heterocycles. The third kappa shape index (κ3) is 4.98. The van der Waals surface area contributed by atoms with Crippen molar-refractivity contribution in [1.82, 2.24) is 4.98 Å². The highest BCUT2D eigenvalue weighted by atomic mass is 16.5. The lowest BCUT2D eigenvalue weighted by Gasteiger charge is -2.12. The average molecular weight is 375 g/mol. The van der Waals surface area contributed by atoms with Gasteiger partial charge in [0.05, 0.1) is 11.3 Å². The number of benzene rings is 2. The van der Waals surface area contributed by atoms with Gasteiger partial charge in [0, 0.05) is 12.3 Å². The van der Waals surface area contributed by atoms with Crippen LogP contribution in [0.15, 0.2) is 79.0 Å². The van der Waals surface area contributed by atoms with Crippen molar-refractivity contribution >= 4 is 11.5 Å². The average Bonchev–Trinajstić information content (AvgIpc) is 2.73. The fraction of sp³-hybridized carbons (Fsp3) is 0.130. The van der Waals surface area contributed by atoms with E-state index in [1.54, 1.807) is 31.3 Å². The summed E-state index contributed by atoms with van der Waals surface area (Å²) < 4.78 is 11.7. The van der Waals surface area contributed by atoms with Crippen molar-refractivity contribution in [3.05, 3.63) is 95.8 Å². The summed E-state index contributed by atoms with van der Waals surface area (Å²) in [5.41, 5.74) is 2.56. The first-order valence-electron chi connectivity index (χ1n) is 8.91. The minimum absolute atomic E-state index is 0.254. The third-order valence-corrected chi connectivity index (χ3v) is 4.14. The Morgan fingerprint density at radius 2 is 1.68 bits per heavy atom. The van der Waals surface area contributed by atoms with Crippen LogP contribution < -0.4 is 9.47 Å². The minimum Gasteiger partial charge on any atom is -0.489 e. The maximum Gasteiger partial charge on any atom is 0.335 e. The van der Waals surface area contributed by atoms with Gasteiger partial charge in [0.1, 0.15) is 24.7 Å². The second kappa shape index (κ2) is 9.37. The van der Waals surface area contributed by atoms with Crippen molar-refractivity contribution in [2.75, 3.05) is 0 Å². The largest absolute Gasteiger partial charge is 0.489 e. The van der Waals surface area contributed by atoms with Crippen LogP contribution in [-0.2, 0) is 18.0 Å². The Morgan fingerprint density at radius 1 is 0.964 bits per heavy atom. The fourth-order valence-corrected chi connectivity index (χ4v) is 2.76. The van der Waals surface area contributed by atoms with Crippen molar-refractivity contribution in [2.24, 2.45) is 0 Å². The van der Waals surface area contributed by atoms with Crippen LogP contribution in [0.2, 0.25) is 0 Å². The number of allylic oxidation sites excluding steroid dienone is 1. The normalized spacial score (nSPS) is 11.1. The highest BCUT2D eigenvalue weighted by Gasteiger charge is 2.13. The van der Waals surface area contributed by atoms with Gasteiger partial charge in [-0.25, -0.2) is 4.79 Å². The third-order valence-electron chi connectivity index (χ3n) is 4.14. The first-order chi connectivity index (χ1) is 13.7. The summed E-state index contributed by atoms with van der Waals surface area (Å²) in [7, 11) is 0. The number of carbonyl (C=O) groups is 1. The first-order valence-corrected chi connectivity index (χ1v) is 8.91. The van der Waals surface area contributed by atoms with Gasteiger partial charge in [-0.1, -0.05) is 42.5 Å². The van der Waals surface area contributed by atoms with Gasteiger partial charge in [-0.2, -0.15) is 0 Å². The Hall–Kier alpha value is -3.60. The molecular formula is C23H21NO4. The molecule has 0 saturated carbocycles. The molecule has 0 fully saturated rings. The van der Waals surface area contributed by atoms with E-state index in [4.69, 9.17) is 9.47 Å². The smallest absolute Gasteiger partial charge is 0.335 e. The van der Waals surface area contributed by atoms with Gasteiger partial charge in [0.15, 0.2) is 0 Å². The lowest BCUT2D eigenvalue weighted by molar-refractivity contribution is -0.130. The van der Waals surface area contributed by atoms with Crippen molar-refractivity contribution in [1.29, 1.82) is 0 Å². The predicted molar refractivity (Wildman–Crippen MR) is 107 cm³/mol. The van der Waals surface area contributed by atoms with E-state index in [-0.39, 0.29) is 12.2 Å². The maximum atomic E-state index is 11.5. The first kappa shape index (κ1) is 19.2. The molecule has 0 unspecified atom stereocenters. The van der Waals surface area contributed by atoms with Crippen LogP contribution >= 0.6 is 0 Å². The Bertz CT molecular complexity index is 967. The molecule has 3 aromatic rings.